The van der Waals surface area contributed by atoms with E-state index < -0.39 is 0 Å². The smallest absolute Gasteiger partial charge is 0.0473 e. The predicted molar refractivity (Wildman–Crippen MR) is 194 cm³/mol. The van der Waals surface area contributed by atoms with Crippen molar-refractivity contribution < 1.29 is 0 Å². The van der Waals surface area contributed by atoms with Gasteiger partial charge in [-0.3, -0.25) is 0 Å². The molecular formula is C44H27N. The van der Waals surface area contributed by atoms with Crippen molar-refractivity contribution in [2.24, 2.45) is 0 Å². The second-order valence-electron chi connectivity index (χ2n) is 12.2. The minimum absolute atomic E-state index is 1.13. The second-order valence-corrected chi connectivity index (χ2v) is 12.2. The maximum atomic E-state index is 2.37. The Balaban J connectivity index is 1.11. The SMILES string of the molecule is c1ccc(N(c2ccc(-c3cc4ccc5cccc6ccc(c3)c4c56)cc2)c2cc3ccc4cccc5ccc(c2)c3c45)cc1. The van der Waals surface area contributed by atoms with Crippen LogP contribution in [0, 0.1) is 0 Å². The van der Waals surface area contributed by atoms with E-state index in [2.05, 4.69) is 169 Å². The van der Waals surface area contributed by atoms with Gasteiger partial charge >= 0.3 is 0 Å². The van der Waals surface area contributed by atoms with Crippen molar-refractivity contribution in [1.29, 1.82) is 0 Å². The topological polar surface area (TPSA) is 3.24 Å². The van der Waals surface area contributed by atoms with Gasteiger partial charge in [0.1, 0.15) is 0 Å². The number of rotatable bonds is 4. The second kappa shape index (κ2) is 9.29. The van der Waals surface area contributed by atoms with Gasteiger partial charge in [0.25, 0.3) is 0 Å². The van der Waals surface area contributed by atoms with E-state index in [1.807, 2.05) is 0 Å². The van der Waals surface area contributed by atoms with Crippen LogP contribution in [0.1, 0.15) is 0 Å². The minimum atomic E-state index is 1.13. The van der Waals surface area contributed by atoms with E-state index in [1.165, 1.54) is 75.8 Å². The van der Waals surface area contributed by atoms with Gasteiger partial charge in [0, 0.05) is 17.1 Å². The molecule has 10 rings (SSSR count). The highest BCUT2D eigenvalue weighted by atomic mass is 15.1. The zero-order valence-electron chi connectivity index (χ0n) is 24.5. The van der Waals surface area contributed by atoms with Crippen molar-refractivity contribution in [2.75, 3.05) is 4.90 Å². The Morgan fingerprint density at radius 2 is 0.644 bits per heavy atom. The van der Waals surface area contributed by atoms with Crippen LogP contribution in [-0.4, -0.2) is 0 Å². The lowest BCUT2D eigenvalue weighted by Crippen LogP contribution is -2.09. The van der Waals surface area contributed by atoms with Crippen molar-refractivity contribution in [1.82, 2.24) is 0 Å². The van der Waals surface area contributed by atoms with Crippen molar-refractivity contribution in [3.05, 3.63) is 164 Å². The van der Waals surface area contributed by atoms with Gasteiger partial charge in [0.15, 0.2) is 0 Å². The van der Waals surface area contributed by atoms with Gasteiger partial charge in [-0.1, -0.05) is 115 Å². The molecule has 0 N–H and O–H groups in total. The average molecular weight is 570 g/mol. The molecule has 0 aliphatic carbocycles. The quantitative estimate of drug-likeness (QED) is 0.191. The third-order valence-corrected chi connectivity index (χ3v) is 9.64. The molecule has 0 radical (unpaired) electrons. The highest BCUT2D eigenvalue weighted by Crippen LogP contribution is 2.42. The van der Waals surface area contributed by atoms with Crippen LogP contribution in [0.25, 0.3) is 75.8 Å². The van der Waals surface area contributed by atoms with Crippen LogP contribution < -0.4 is 4.90 Å². The summed E-state index contributed by atoms with van der Waals surface area (Å²) in [6, 6.07) is 60.4. The van der Waals surface area contributed by atoms with Gasteiger partial charge in [0.2, 0.25) is 0 Å². The van der Waals surface area contributed by atoms with Gasteiger partial charge in [-0.2, -0.15) is 0 Å². The normalized spacial score (nSPS) is 12.0. The first-order valence-electron chi connectivity index (χ1n) is 15.6. The highest BCUT2D eigenvalue weighted by molar-refractivity contribution is 6.25. The predicted octanol–water partition coefficient (Wildman–Crippen LogP) is 12.6. The fourth-order valence-corrected chi connectivity index (χ4v) is 7.61. The molecule has 0 unspecified atom stereocenters. The van der Waals surface area contributed by atoms with Gasteiger partial charge in [-0.05, 0) is 124 Å². The first kappa shape index (κ1) is 24.5. The zero-order chi connectivity index (χ0) is 29.5. The third-order valence-electron chi connectivity index (χ3n) is 9.64. The molecule has 0 atom stereocenters. The van der Waals surface area contributed by atoms with E-state index >= 15 is 0 Å². The summed E-state index contributed by atoms with van der Waals surface area (Å²) in [5.41, 5.74) is 5.88. The van der Waals surface area contributed by atoms with E-state index in [-0.39, 0.29) is 0 Å². The van der Waals surface area contributed by atoms with Gasteiger partial charge in [0.05, 0.1) is 0 Å². The number of hydrogen-bond donors (Lipinski definition) is 0. The fourth-order valence-electron chi connectivity index (χ4n) is 7.61. The highest BCUT2D eigenvalue weighted by Gasteiger charge is 2.17. The van der Waals surface area contributed by atoms with E-state index in [4.69, 9.17) is 0 Å². The Kier molecular flexibility index (Phi) is 5.06. The molecule has 0 saturated heterocycles. The molecule has 1 nitrogen and oxygen atoms in total. The summed E-state index contributed by atoms with van der Waals surface area (Å²) in [4.78, 5) is 2.37. The lowest BCUT2D eigenvalue weighted by atomic mass is 9.91. The standard InChI is InChI=1S/C44H27N/c1-2-10-38(11-3-1)45(40-26-35-18-14-31-8-5-9-32-15-19-36(27-40)44(35)42(31)32)39-22-20-28(21-23-39)37-24-33-16-12-29-6-4-7-30-13-17-34(25-37)43(33)41(29)30/h1-27H. The molecule has 45 heavy (non-hydrogen) atoms. The summed E-state index contributed by atoms with van der Waals surface area (Å²) >= 11 is 0. The summed E-state index contributed by atoms with van der Waals surface area (Å²) in [5.74, 6) is 0. The molecule has 0 amide bonds. The van der Waals surface area contributed by atoms with Crippen LogP contribution in [0.4, 0.5) is 17.1 Å². The number of anilines is 3. The Hall–Kier alpha value is -5.92. The molecule has 0 saturated carbocycles. The zero-order valence-corrected chi connectivity index (χ0v) is 24.5. The molecule has 10 aromatic carbocycles. The first-order chi connectivity index (χ1) is 22.3. The van der Waals surface area contributed by atoms with Crippen LogP contribution in [0.5, 0.6) is 0 Å². The number of hydrogen-bond acceptors (Lipinski definition) is 1. The molecule has 10 aromatic rings. The van der Waals surface area contributed by atoms with Crippen molar-refractivity contribution in [3.8, 4) is 11.1 Å². The number of nitrogens with zero attached hydrogens (tertiary/aromatic N) is 1. The molecule has 0 bridgehead atoms. The van der Waals surface area contributed by atoms with Crippen LogP contribution in [0.15, 0.2) is 164 Å². The van der Waals surface area contributed by atoms with Gasteiger partial charge < -0.3 is 4.90 Å². The molecule has 208 valence electrons. The lowest BCUT2D eigenvalue weighted by Gasteiger charge is -2.27. The molecule has 0 aromatic heterocycles. The molecule has 0 aliphatic heterocycles. The Morgan fingerprint density at radius 1 is 0.244 bits per heavy atom. The Labute approximate surface area is 260 Å². The van der Waals surface area contributed by atoms with E-state index in [0.29, 0.717) is 0 Å². The van der Waals surface area contributed by atoms with E-state index in [0.717, 1.165) is 17.1 Å². The van der Waals surface area contributed by atoms with Crippen LogP contribution >= 0.6 is 0 Å². The summed E-state index contributed by atoms with van der Waals surface area (Å²) in [6.07, 6.45) is 0. The van der Waals surface area contributed by atoms with Gasteiger partial charge in [-0.15, -0.1) is 0 Å². The Bertz CT molecular complexity index is 2560. The molecule has 0 fully saturated rings. The summed E-state index contributed by atoms with van der Waals surface area (Å²) in [7, 11) is 0. The maximum Gasteiger partial charge on any atom is 0.0473 e. The van der Waals surface area contributed by atoms with Crippen LogP contribution in [-0.2, 0) is 0 Å². The van der Waals surface area contributed by atoms with Crippen LogP contribution in [0.2, 0.25) is 0 Å². The average Bonchev–Trinajstić information content (AvgIpc) is 3.10. The van der Waals surface area contributed by atoms with Crippen molar-refractivity contribution in [3.63, 3.8) is 0 Å². The summed E-state index contributed by atoms with van der Waals surface area (Å²) in [6.45, 7) is 0. The van der Waals surface area contributed by atoms with E-state index in [9.17, 15) is 0 Å². The first-order valence-corrected chi connectivity index (χ1v) is 15.6. The third kappa shape index (κ3) is 3.68. The number of benzene rings is 10. The fraction of sp³-hybridized carbons (Fsp3) is 0. The summed E-state index contributed by atoms with van der Waals surface area (Å²) in [5, 5.41) is 15.7. The molecule has 1 heteroatoms. The summed E-state index contributed by atoms with van der Waals surface area (Å²) < 4.78 is 0. The largest absolute Gasteiger partial charge is 0.310 e. The Morgan fingerprint density at radius 3 is 1.13 bits per heavy atom. The van der Waals surface area contributed by atoms with Gasteiger partial charge in [-0.25, -0.2) is 0 Å². The maximum absolute atomic E-state index is 2.37. The van der Waals surface area contributed by atoms with Crippen molar-refractivity contribution in [2.45, 2.75) is 0 Å². The van der Waals surface area contributed by atoms with Crippen molar-refractivity contribution >= 4 is 81.7 Å². The molecule has 0 heterocycles. The molecule has 0 spiro atoms. The van der Waals surface area contributed by atoms with Crippen LogP contribution in [0.3, 0.4) is 0 Å². The molecular weight excluding hydrogens is 542 g/mol. The molecule has 0 aliphatic rings. The minimum Gasteiger partial charge on any atom is -0.310 e. The lowest BCUT2D eigenvalue weighted by molar-refractivity contribution is 1.29. The monoisotopic (exact) mass is 569 g/mol. The van der Waals surface area contributed by atoms with E-state index in [1.54, 1.807) is 0 Å². The number of para-hydroxylation sites is 1.